The smallest absolute Gasteiger partial charge is 0.0208 e. The average Bonchev–Trinajstić information content (AvgIpc) is 2.25. The van der Waals surface area contributed by atoms with E-state index in [0.29, 0.717) is 12.6 Å². The van der Waals surface area contributed by atoms with Crippen LogP contribution in [0.15, 0.2) is 24.3 Å². The third kappa shape index (κ3) is 3.95. The van der Waals surface area contributed by atoms with Gasteiger partial charge in [-0.3, -0.25) is 0 Å². The number of nitrogens with two attached hydrogens (primary N) is 1. The van der Waals surface area contributed by atoms with Crippen LogP contribution < -0.4 is 11.1 Å². The molecule has 1 atom stereocenters. The SMILES string of the molecule is CC(CN)NCc1ccc(C(C)(C)C)cc1. The topological polar surface area (TPSA) is 38.0 Å². The predicted molar refractivity (Wildman–Crippen MR) is 70.5 cm³/mol. The second-order valence-electron chi connectivity index (χ2n) is 5.46. The zero-order valence-electron chi connectivity index (χ0n) is 10.9. The maximum atomic E-state index is 5.55. The van der Waals surface area contributed by atoms with Crippen molar-refractivity contribution in [2.24, 2.45) is 5.73 Å². The van der Waals surface area contributed by atoms with E-state index in [4.69, 9.17) is 5.73 Å². The number of hydrogen-bond donors (Lipinski definition) is 2. The van der Waals surface area contributed by atoms with Crippen LogP contribution in [-0.2, 0) is 12.0 Å². The van der Waals surface area contributed by atoms with Gasteiger partial charge in [0.05, 0.1) is 0 Å². The minimum Gasteiger partial charge on any atom is -0.329 e. The Balaban J connectivity index is 2.58. The van der Waals surface area contributed by atoms with Crippen molar-refractivity contribution < 1.29 is 0 Å². The third-order valence-corrected chi connectivity index (χ3v) is 2.83. The molecule has 0 spiro atoms. The van der Waals surface area contributed by atoms with Crippen LogP contribution in [0.25, 0.3) is 0 Å². The summed E-state index contributed by atoms with van der Waals surface area (Å²) in [6.45, 7) is 10.4. The predicted octanol–water partition coefficient (Wildman–Crippen LogP) is 2.42. The fourth-order valence-electron chi connectivity index (χ4n) is 1.50. The molecular formula is C14H24N2. The Hall–Kier alpha value is -0.860. The lowest BCUT2D eigenvalue weighted by molar-refractivity contribution is 0.555. The molecule has 0 aliphatic heterocycles. The van der Waals surface area contributed by atoms with E-state index < -0.39 is 0 Å². The molecule has 1 aromatic carbocycles. The largest absolute Gasteiger partial charge is 0.329 e. The van der Waals surface area contributed by atoms with Crippen molar-refractivity contribution in [1.29, 1.82) is 0 Å². The van der Waals surface area contributed by atoms with Gasteiger partial charge in [-0.2, -0.15) is 0 Å². The molecule has 16 heavy (non-hydrogen) atoms. The average molecular weight is 220 g/mol. The van der Waals surface area contributed by atoms with Gasteiger partial charge in [0.25, 0.3) is 0 Å². The molecule has 0 fully saturated rings. The van der Waals surface area contributed by atoms with E-state index in [1.165, 1.54) is 11.1 Å². The molecule has 3 N–H and O–H groups in total. The molecule has 1 unspecified atom stereocenters. The molecular weight excluding hydrogens is 196 g/mol. The lowest BCUT2D eigenvalue weighted by atomic mass is 9.87. The summed E-state index contributed by atoms with van der Waals surface area (Å²) in [6, 6.07) is 9.18. The highest BCUT2D eigenvalue weighted by atomic mass is 14.9. The van der Waals surface area contributed by atoms with Gasteiger partial charge in [0.15, 0.2) is 0 Å². The molecule has 90 valence electrons. The third-order valence-electron chi connectivity index (χ3n) is 2.83. The van der Waals surface area contributed by atoms with Crippen LogP contribution in [0.2, 0.25) is 0 Å². The first-order valence-electron chi connectivity index (χ1n) is 5.96. The molecule has 0 heterocycles. The van der Waals surface area contributed by atoms with E-state index in [-0.39, 0.29) is 5.41 Å². The molecule has 2 heteroatoms. The molecule has 1 rings (SSSR count). The van der Waals surface area contributed by atoms with E-state index >= 15 is 0 Å². The van der Waals surface area contributed by atoms with Gasteiger partial charge in [-0.1, -0.05) is 45.0 Å². The summed E-state index contributed by atoms with van der Waals surface area (Å²) in [5, 5.41) is 3.38. The van der Waals surface area contributed by atoms with Crippen LogP contribution in [0.1, 0.15) is 38.8 Å². The molecule has 0 saturated carbocycles. The summed E-state index contributed by atoms with van der Waals surface area (Å²) in [5.74, 6) is 0. The van der Waals surface area contributed by atoms with Gasteiger partial charge < -0.3 is 11.1 Å². The van der Waals surface area contributed by atoms with Crippen molar-refractivity contribution in [1.82, 2.24) is 5.32 Å². The highest BCUT2D eigenvalue weighted by Crippen LogP contribution is 2.22. The second kappa shape index (κ2) is 5.46. The van der Waals surface area contributed by atoms with Crippen LogP contribution in [0.5, 0.6) is 0 Å². The Morgan fingerprint density at radius 2 is 1.75 bits per heavy atom. The lowest BCUT2D eigenvalue weighted by Gasteiger charge is -2.19. The Bertz CT molecular complexity index is 309. The maximum absolute atomic E-state index is 5.55. The van der Waals surface area contributed by atoms with Crippen LogP contribution in [0, 0.1) is 0 Å². The molecule has 0 saturated heterocycles. The zero-order chi connectivity index (χ0) is 12.2. The van der Waals surface area contributed by atoms with E-state index in [9.17, 15) is 0 Å². The summed E-state index contributed by atoms with van der Waals surface area (Å²) in [4.78, 5) is 0. The normalized spacial score (nSPS) is 13.8. The van der Waals surface area contributed by atoms with E-state index in [2.05, 4.69) is 57.3 Å². The van der Waals surface area contributed by atoms with Gasteiger partial charge >= 0.3 is 0 Å². The lowest BCUT2D eigenvalue weighted by Crippen LogP contribution is -2.32. The van der Waals surface area contributed by atoms with Crippen LogP contribution in [-0.4, -0.2) is 12.6 Å². The van der Waals surface area contributed by atoms with Crippen molar-refractivity contribution in [3.8, 4) is 0 Å². The molecule has 0 aromatic heterocycles. The van der Waals surface area contributed by atoms with Crippen molar-refractivity contribution in [2.75, 3.05) is 6.54 Å². The first kappa shape index (κ1) is 13.2. The van der Waals surface area contributed by atoms with E-state index in [0.717, 1.165) is 6.54 Å². The Labute approximate surface area is 99.2 Å². The van der Waals surface area contributed by atoms with Gasteiger partial charge in [0, 0.05) is 19.1 Å². The number of rotatable bonds is 4. The zero-order valence-corrected chi connectivity index (χ0v) is 10.9. The van der Waals surface area contributed by atoms with Gasteiger partial charge in [-0.25, -0.2) is 0 Å². The van der Waals surface area contributed by atoms with Crippen molar-refractivity contribution in [3.05, 3.63) is 35.4 Å². The minimum atomic E-state index is 0.233. The Morgan fingerprint density at radius 1 is 1.19 bits per heavy atom. The fourth-order valence-corrected chi connectivity index (χ4v) is 1.50. The van der Waals surface area contributed by atoms with Crippen molar-refractivity contribution in [2.45, 2.75) is 45.7 Å². The molecule has 2 nitrogen and oxygen atoms in total. The van der Waals surface area contributed by atoms with Crippen molar-refractivity contribution in [3.63, 3.8) is 0 Å². The first-order valence-corrected chi connectivity index (χ1v) is 5.96. The van der Waals surface area contributed by atoms with Crippen LogP contribution >= 0.6 is 0 Å². The highest BCUT2D eigenvalue weighted by molar-refractivity contribution is 5.27. The van der Waals surface area contributed by atoms with E-state index in [1.807, 2.05) is 0 Å². The molecule has 0 aliphatic carbocycles. The monoisotopic (exact) mass is 220 g/mol. The molecule has 0 radical (unpaired) electrons. The Morgan fingerprint density at radius 3 is 2.19 bits per heavy atom. The quantitative estimate of drug-likeness (QED) is 0.818. The maximum Gasteiger partial charge on any atom is 0.0208 e. The van der Waals surface area contributed by atoms with Gasteiger partial charge in [-0.05, 0) is 23.5 Å². The van der Waals surface area contributed by atoms with Gasteiger partial charge in [0.2, 0.25) is 0 Å². The summed E-state index contributed by atoms with van der Waals surface area (Å²) in [6.07, 6.45) is 0. The van der Waals surface area contributed by atoms with Gasteiger partial charge in [0.1, 0.15) is 0 Å². The summed E-state index contributed by atoms with van der Waals surface area (Å²) in [5.41, 5.74) is 8.48. The molecule has 0 aliphatic rings. The standard InChI is InChI=1S/C14H24N2/c1-11(9-15)16-10-12-5-7-13(8-6-12)14(2,3)4/h5-8,11,16H,9-10,15H2,1-4H3. The number of benzene rings is 1. The number of hydrogen-bond acceptors (Lipinski definition) is 2. The molecule has 0 bridgehead atoms. The molecule has 0 amide bonds. The van der Waals surface area contributed by atoms with E-state index in [1.54, 1.807) is 0 Å². The van der Waals surface area contributed by atoms with Crippen molar-refractivity contribution >= 4 is 0 Å². The summed E-state index contributed by atoms with van der Waals surface area (Å²) < 4.78 is 0. The highest BCUT2D eigenvalue weighted by Gasteiger charge is 2.12. The minimum absolute atomic E-state index is 0.233. The van der Waals surface area contributed by atoms with Crippen LogP contribution in [0.4, 0.5) is 0 Å². The number of nitrogens with one attached hydrogen (secondary N) is 1. The Kier molecular flexibility index (Phi) is 4.51. The second-order valence-corrected chi connectivity index (χ2v) is 5.46. The summed E-state index contributed by atoms with van der Waals surface area (Å²) >= 11 is 0. The van der Waals surface area contributed by atoms with Crippen LogP contribution in [0.3, 0.4) is 0 Å². The summed E-state index contributed by atoms with van der Waals surface area (Å²) in [7, 11) is 0. The fraction of sp³-hybridized carbons (Fsp3) is 0.571. The first-order chi connectivity index (χ1) is 7.43. The van der Waals surface area contributed by atoms with Gasteiger partial charge in [-0.15, -0.1) is 0 Å². The molecule has 1 aromatic rings.